The number of nitrogens with one attached hydrogen (secondary N) is 1. The lowest BCUT2D eigenvalue weighted by atomic mass is 9.81. The maximum atomic E-state index is 12.7. The van der Waals surface area contributed by atoms with E-state index < -0.39 is 6.09 Å². The van der Waals surface area contributed by atoms with Gasteiger partial charge < -0.3 is 14.4 Å². The highest BCUT2D eigenvalue weighted by atomic mass is 16.6. The molecule has 2 aliphatic rings. The molecule has 1 unspecified atom stereocenters. The van der Waals surface area contributed by atoms with Gasteiger partial charge in [0.2, 0.25) is 0 Å². The summed E-state index contributed by atoms with van der Waals surface area (Å²) in [6.45, 7) is 4.76. The van der Waals surface area contributed by atoms with Crippen molar-refractivity contribution in [2.75, 3.05) is 23.8 Å². The number of anilines is 2. The third kappa shape index (κ3) is 5.08. The number of benzene rings is 4. The van der Waals surface area contributed by atoms with Gasteiger partial charge in [0.15, 0.2) is 0 Å². The third-order valence-corrected chi connectivity index (χ3v) is 7.95. The molecule has 4 aromatic carbocycles. The molecular weight excluding hydrogens is 486 g/mol. The number of carbonyl (C=O) groups excluding carboxylic acids is 1. The van der Waals surface area contributed by atoms with E-state index in [1.807, 2.05) is 66.7 Å². The minimum Gasteiger partial charge on any atom is -0.489 e. The summed E-state index contributed by atoms with van der Waals surface area (Å²) in [5.41, 5.74) is 5.46. The predicted octanol–water partition coefficient (Wildman–Crippen LogP) is 6.82. The van der Waals surface area contributed by atoms with Crippen molar-refractivity contribution in [3.63, 3.8) is 0 Å². The van der Waals surface area contributed by atoms with E-state index in [0.717, 1.165) is 30.8 Å². The molecular formula is C33H33N3O3. The molecule has 198 valence electrons. The van der Waals surface area contributed by atoms with Crippen LogP contribution >= 0.6 is 0 Å². The van der Waals surface area contributed by atoms with Gasteiger partial charge in [-0.3, -0.25) is 10.2 Å². The van der Waals surface area contributed by atoms with Gasteiger partial charge in [0.25, 0.3) is 0 Å². The van der Waals surface area contributed by atoms with Gasteiger partial charge in [-0.25, -0.2) is 4.79 Å². The molecule has 1 saturated heterocycles. The minimum atomic E-state index is -0.516. The smallest absolute Gasteiger partial charge is 0.417 e. The maximum absolute atomic E-state index is 12.7. The first-order valence-electron chi connectivity index (χ1n) is 13.4. The van der Waals surface area contributed by atoms with Crippen molar-refractivity contribution in [1.82, 2.24) is 4.90 Å². The summed E-state index contributed by atoms with van der Waals surface area (Å²) in [7, 11) is 2.17. The molecule has 1 amide bonds. The van der Waals surface area contributed by atoms with Gasteiger partial charge in [0.1, 0.15) is 18.1 Å². The van der Waals surface area contributed by atoms with Gasteiger partial charge in [0.05, 0.1) is 6.17 Å². The van der Waals surface area contributed by atoms with Crippen LogP contribution in [0.15, 0.2) is 103 Å². The molecule has 0 spiro atoms. The van der Waals surface area contributed by atoms with Crippen molar-refractivity contribution in [2.24, 2.45) is 0 Å². The Kier molecular flexibility index (Phi) is 6.71. The van der Waals surface area contributed by atoms with Crippen LogP contribution in [0.1, 0.15) is 30.0 Å². The van der Waals surface area contributed by atoms with Crippen LogP contribution in [-0.2, 0) is 18.6 Å². The zero-order valence-corrected chi connectivity index (χ0v) is 22.3. The topological polar surface area (TPSA) is 54.0 Å². The Morgan fingerprint density at radius 3 is 2.28 bits per heavy atom. The van der Waals surface area contributed by atoms with Crippen molar-refractivity contribution in [1.29, 1.82) is 0 Å². The second-order valence-corrected chi connectivity index (χ2v) is 10.6. The Hall–Kier alpha value is -4.29. The fourth-order valence-electron chi connectivity index (χ4n) is 6.06. The minimum absolute atomic E-state index is 0.0374. The van der Waals surface area contributed by atoms with E-state index in [1.54, 1.807) is 0 Å². The monoisotopic (exact) mass is 519 g/mol. The molecule has 0 radical (unpaired) electrons. The van der Waals surface area contributed by atoms with E-state index in [0.29, 0.717) is 18.0 Å². The van der Waals surface area contributed by atoms with Crippen LogP contribution in [0.3, 0.4) is 0 Å². The highest BCUT2D eigenvalue weighted by Crippen LogP contribution is 2.52. The molecule has 0 saturated carbocycles. The second-order valence-electron chi connectivity index (χ2n) is 10.6. The molecule has 39 heavy (non-hydrogen) atoms. The fourth-order valence-corrected chi connectivity index (χ4v) is 6.06. The zero-order chi connectivity index (χ0) is 26.8. The van der Waals surface area contributed by atoms with Gasteiger partial charge >= 0.3 is 6.09 Å². The van der Waals surface area contributed by atoms with Gasteiger partial charge in [-0.2, -0.15) is 0 Å². The SMILES string of the molecule is CN1c2ccc(OC(=O)Nc3ccc(OCc4ccccc4)cc3)cc2[C@]2(C)CCN(Cc3ccccc3)C12. The van der Waals surface area contributed by atoms with Crippen molar-refractivity contribution in [3.05, 3.63) is 120 Å². The quantitative estimate of drug-likeness (QED) is 0.291. The molecule has 2 atom stereocenters. The van der Waals surface area contributed by atoms with Gasteiger partial charge in [-0.1, -0.05) is 67.6 Å². The van der Waals surface area contributed by atoms with Crippen LogP contribution in [0.25, 0.3) is 0 Å². The Morgan fingerprint density at radius 1 is 0.897 bits per heavy atom. The number of fused-ring (bicyclic) bond motifs is 3. The first kappa shape index (κ1) is 25.0. The molecule has 2 aliphatic heterocycles. The van der Waals surface area contributed by atoms with E-state index in [-0.39, 0.29) is 11.6 Å². The average Bonchev–Trinajstić information content (AvgIpc) is 3.40. The van der Waals surface area contributed by atoms with E-state index >= 15 is 0 Å². The highest BCUT2D eigenvalue weighted by Gasteiger charge is 2.53. The zero-order valence-electron chi connectivity index (χ0n) is 22.3. The van der Waals surface area contributed by atoms with Crippen LogP contribution in [0.5, 0.6) is 11.5 Å². The lowest BCUT2D eigenvalue weighted by Gasteiger charge is -2.34. The van der Waals surface area contributed by atoms with E-state index in [4.69, 9.17) is 9.47 Å². The molecule has 0 bridgehead atoms. The maximum Gasteiger partial charge on any atom is 0.417 e. The summed E-state index contributed by atoms with van der Waals surface area (Å²) in [5.74, 6) is 1.28. The van der Waals surface area contributed by atoms with Crippen LogP contribution in [0.2, 0.25) is 0 Å². The molecule has 6 rings (SSSR count). The fraction of sp³-hybridized carbons (Fsp3) is 0.242. The molecule has 2 heterocycles. The van der Waals surface area contributed by atoms with Crippen LogP contribution in [0, 0.1) is 0 Å². The highest BCUT2D eigenvalue weighted by molar-refractivity contribution is 5.86. The summed E-state index contributed by atoms with van der Waals surface area (Å²) in [6, 6.07) is 33.9. The summed E-state index contributed by atoms with van der Waals surface area (Å²) in [5, 5.41) is 2.82. The molecule has 4 aromatic rings. The number of amides is 1. The van der Waals surface area contributed by atoms with Crippen molar-refractivity contribution in [2.45, 2.75) is 38.1 Å². The summed E-state index contributed by atoms with van der Waals surface area (Å²) in [6.07, 6.45) is 0.799. The third-order valence-electron chi connectivity index (χ3n) is 7.95. The molecule has 0 aliphatic carbocycles. The summed E-state index contributed by atoms with van der Waals surface area (Å²) >= 11 is 0. The van der Waals surface area contributed by atoms with Crippen molar-refractivity contribution >= 4 is 17.5 Å². The lowest BCUT2D eigenvalue weighted by Crippen LogP contribution is -2.46. The van der Waals surface area contributed by atoms with Crippen molar-refractivity contribution in [3.8, 4) is 11.5 Å². The first-order valence-corrected chi connectivity index (χ1v) is 13.4. The van der Waals surface area contributed by atoms with Gasteiger partial charge in [-0.15, -0.1) is 0 Å². The molecule has 1 fully saturated rings. The Bertz CT molecular complexity index is 1440. The van der Waals surface area contributed by atoms with Crippen LogP contribution < -0.4 is 19.7 Å². The Morgan fingerprint density at radius 2 is 1.56 bits per heavy atom. The number of ether oxygens (including phenoxy) is 2. The standard InChI is InChI=1S/C33H33N3O3/c1-33-19-20-36(22-24-9-5-3-6-10-24)31(33)35(2)30-18-17-28(21-29(30)33)39-32(37)34-26-13-15-27(16-14-26)38-23-25-11-7-4-8-12-25/h3-18,21,31H,19-20,22-23H2,1-2H3,(H,34,37)/t31?,33-/m0/s1. The van der Waals surface area contributed by atoms with Gasteiger partial charge in [0, 0.05) is 36.9 Å². The lowest BCUT2D eigenvalue weighted by molar-refractivity contribution is 0.213. The first-order chi connectivity index (χ1) is 19.0. The number of rotatable bonds is 7. The second kappa shape index (κ2) is 10.5. The van der Waals surface area contributed by atoms with E-state index in [2.05, 4.69) is 65.5 Å². The van der Waals surface area contributed by atoms with Crippen LogP contribution in [0.4, 0.5) is 16.2 Å². The molecule has 6 heteroatoms. The van der Waals surface area contributed by atoms with Crippen molar-refractivity contribution < 1.29 is 14.3 Å². The van der Waals surface area contributed by atoms with Crippen LogP contribution in [-0.4, -0.2) is 30.8 Å². The Balaban J connectivity index is 1.09. The van der Waals surface area contributed by atoms with E-state index in [1.165, 1.54) is 16.8 Å². The summed E-state index contributed by atoms with van der Waals surface area (Å²) in [4.78, 5) is 17.6. The summed E-state index contributed by atoms with van der Waals surface area (Å²) < 4.78 is 11.5. The molecule has 6 nitrogen and oxygen atoms in total. The number of likely N-dealkylation sites (tertiary alicyclic amines) is 1. The molecule has 1 N–H and O–H groups in total. The largest absolute Gasteiger partial charge is 0.489 e. The predicted molar refractivity (Wildman–Crippen MR) is 154 cm³/mol. The number of carbonyl (C=O) groups is 1. The Labute approximate surface area is 229 Å². The number of hydrogen-bond acceptors (Lipinski definition) is 5. The molecule has 0 aromatic heterocycles. The normalized spacial score (nSPS) is 19.8. The number of nitrogens with zero attached hydrogens (tertiary/aromatic N) is 2. The van der Waals surface area contributed by atoms with Gasteiger partial charge in [-0.05, 0) is 65.6 Å². The number of hydrogen-bond donors (Lipinski definition) is 1. The number of likely N-dealkylation sites (N-methyl/N-ethyl adjacent to an activating group) is 1. The van der Waals surface area contributed by atoms with E-state index in [9.17, 15) is 4.79 Å². The average molecular weight is 520 g/mol.